The van der Waals surface area contributed by atoms with Gasteiger partial charge in [-0.25, -0.2) is 0 Å². The van der Waals surface area contributed by atoms with Crippen molar-refractivity contribution < 1.29 is 14.5 Å². The van der Waals surface area contributed by atoms with E-state index in [1.807, 2.05) is 30.3 Å². The van der Waals surface area contributed by atoms with Crippen LogP contribution in [-0.2, 0) is 6.54 Å². The number of nitro groups is 1. The number of carbonyl (C=O) groups excluding carboxylic acids is 1. The standard InChI is InChI=1S/C19H17N3O4/c1-13-19(22(24)25)14(2)21(20-13)12-18(23)15-8-10-17(11-9-15)26-16-6-4-3-5-7-16/h3-11H,12H2,1-2H3. The third kappa shape index (κ3) is 3.61. The molecule has 0 saturated carbocycles. The number of benzene rings is 2. The maximum absolute atomic E-state index is 12.5. The lowest BCUT2D eigenvalue weighted by molar-refractivity contribution is -0.386. The second-order valence-corrected chi connectivity index (χ2v) is 5.80. The van der Waals surface area contributed by atoms with Gasteiger partial charge in [0.25, 0.3) is 0 Å². The minimum absolute atomic E-state index is 0.0515. The van der Waals surface area contributed by atoms with Crippen LogP contribution in [0.1, 0.15) is 21.7 Å². The van der Waals surface area contributed by atoms with Crippen LogP contribution in [0.4, 0.5) is 5.69 Å². The quantitative estimate of drug-likeness (QED) is 0.379. The summed E-state index contributed by atoms with van der Waals surface area (Å²) in [5.74, 6) is 1.15. The third-order valence-electron chi connectivity index (χ3n) is 3.97. The van der Waals surface area contributed by atoms with Gasteiger partial charge in [-0.1, -0.05) is 18.2 Å². The van der Waals surface area contributed by atoms with Gasteiger partial charge in [-0.3, -0.25) is 19.6 Å². The van der Waals surface area contributed by atoms with E-state index in [1.54, 1.807) is 38.1 Å². The molecule has 132 valence electrons. The van der Waals surface area contributed by atoms with E-state index >= 15 is 0 Å². The predicted octanol–water partition coefficient (Wildman–Crippen LogP) is 4.08. The Bertz CT molecular complexity index is 947. The van der Waals surface area contributed by atoms with Crippen molar-refractivity contribution in [3.63, 3.8) is 0 Å². The van der Waals surface area contributed by atoms with Gasteiger partial charge < -0.3 is 4.74 Å². The number of rotatable bonds is 6. The lowest BCUT2D eigenvalue weighted by atomic mass is 10.1. The normalized spacial score (nSPS) is 10.5. The maximum atomic E-state index is 12.5. The Morgan fingerprint density at radius 3 is 2.27 bits per heavy atom. The van der Waals surface area contributed by atoms with Gasteiger partial charge >= 0.3 is 5.69 Å². The first-order valence-corrected chi connectivity index (χ1v) is 8.00. The predicted molar refractivity (Wildman–Crippen MR) is 95.6 cm³/mol. The lowest BCUT2D eigenvalue weighted by Gasteiger charge is -2.07. The summed E-state index contributed by atoms with van der Waals surface area (Å²) in [4.78, 5) is 23.0. The number of aryl methyl sites for hydroxylation is 1. The van der Waals surface area contributed by atoms with Crippen LogP contribution in [0, 0.1) is 24.0 Å². The summed E-state index contributed by atoms with van der Waals surface area (Å²) < 4.78 is 7.06. The van der Waals surface area contributed by atoms with Crippen molar-refractivity contribution in [1.82, 2.24) is 9.78 Å². The molecule has 0 saturated heterocycles. The van der Waals surface area contributed by atoms with E-state index in [9.17, 15) is 14.9 Å². The Labute approximate surface area is 150 Å². The smallest absolute Gasteiger partial charge is 0.312 e. The molecule has 0 spiro atoms. The number of Topliss-reactive ketones (excluding diaryl/α,β-unsaturated/α-hetero) is 1. The third-order valence-corrected chi connectivity index (χ3v) is 3.97. The molecule has 0 atom stereocenters. The highest BCUT2D eigenvalue weighted by molar-refractivity contribution is 5.96. The molecule has 1 aromatic heterocycles. The molecule has 26 heavy (non-hydrogen) atoms. The number of hydrogen-bond donors (Lipinski definition) is 0. The first-order valence-electron chi connectivity index (χ1n) is 8.00. The molecule has 0 amide bonds. The Balaban J connectivity index is 1.73. The SMILES string of the molecule is Cc1nn(CC(=O)c2ccc(Oc3ccccc3)cc2)c(C)c1[N+](=O)[O-]. The Morgan fingerprint density at radius 1 is 1.08 bits per heavy atom. The number of aromatic nitrogens is 2. The summed E-state index contributed by atoms with van der Waals surface area (Å²) in [5, 5.41) is 15.2. The van der Waals surface area contributed by atoms with Crippen LogP contribution in [0.3, 0.4) is 0 Å². The fourth-order valence-electron chi connectivity index (χ4n) is 2.67. The molecule has 3 aromatic rings. The van der Waals surface area contributed by atoms with Crippen LogP contribution >= 0.6 is 0 Å². The zero-order chi connectivity index (χ0) is 18.7. The second-order valence-electron chi connectivity index (χ2n) is 5.80. The summed E-state index contributed by atoms with van der Waals surface area (Å²) in [6, 6.07) is 16.1. The molecule has 0 N–H and O–H groups in total. The van der Waals surface area contributed by atoms with Crippen LogP contribution in [0.25, 0.3) is 0 Å². The molecular weight excluding hydrogens is 334 g/mol. The van der Waals surface area contributed by atoms with Gasteiger partial charge in [-0.05, 0) is 50.2 Å². The maximum Gasteiger partial charge on any atom is 0.312 e. The van der Waals surface area contributed by atoms with E-state index in [0.717, 1.165) is 0 Å². The topological polar surface area (TPSA) is 87.3 Å². The van der Waals surface area contributed by atoms with E-state index in [-0.39, 0.29) is 18.0 Å². The Kier molecular flexibility index (Phi) is 4.79. The largest absolute Gasteiger partial charge is 0.457 e. The number of hydrogen-bond acceptors (Lipinski definition) is 5. The molecule has 0 radical (unpaired) electrons. The summed E-state index contributed by atoms with van der Waals surface area (Å²) in [6.45, 7) is 3.09. The number of nitrogens with zero attached hydrogens (tertiary/aromatic N) is 3. The van der Waals surface area contributed by atoms with Crippen LogP contribution in [0.15, 0.2) is 54.6 Å². The van der Waals surface area contributed by atoms with Crippen LogP contribution in [0.2, 0.25) is 0 Å². The van der Waals surface area contributed by atoms with Crippen LogP contribution in [0.5, 0.6) is 11.5 Å². The van der Waals surface area contributed by atoms with E-state index in [0.29, 0.717) is 28.5 Å². The molecule has 0 aliphatic heterocycles. The lowest BCUT2D eigenvalue weighted by Crippen LogP contribution is -2.13. The molecule has 7 nitrogen and oxygen atoms in total. The second kappa shape index (κ2) is 7.18. The fourth-order valence-corrected chi connectivity index (χ4v) is 2.67. The first kappa shape index (κ1) is 17.3. The number of para-hydroxylation sites is 1. The van der Waals surface area contributed by atoms with E-state index in [4.69, 9.17) is 4.74 Å². The monoisotopic (exact) mass is 351 g/mol. The molecule has 3 rings (SSSR count). The first-order chi connectivity index (χ1) is 12.5. The van der Waals surface area contributed by atoms with E-state index in [1.165, 1.54) is 4.68 Å². The zero-order valence-electron chi connectivity index (χ0n) is 14.4. The average molecular weight is 351 g/mol. The van der Waals surface area contributed by atoms with Crippen molar-refractivity contribution in [3.8, 4) is 11.5 Å². The summed E-state index contributed by atoms with van der Waals surface area (Å²) in [5.41, 5.74) is 1.10. The average Bonchev–Trinajstić information content (AvgIpc) is 2.90. The van der Waals surface area contributed by atoms with Crippen molar-refractivity contribution in [2.45, 2.75) is 20.4 Å². The molecular formula is C19H17N3O4. The van der Waals surface area contributed by atoms with Crippen molar-refractivity contribution in [3.05, 3.63) is 81.7 Å². The minimum Gasteiger partial charge on any atom is -0.457 e. The molecule has 0 fully saturated rings. The van der Waals surface area contributed by atoms with Crippen molar-refractivity contribution in [1.29, 1.82) is 0 Å². The summed E-state index contributed by atoms with van der Waals surface area (Å²) in [6.07, 6.45) is 0. The van der Waals surface area contributed by atoms with Gasteiger partial charge in [0, 0.05) is 5.56 Å². The van der Waals surface area contributed by atoms with Crippen molar-refractivity contribution in [2.24, 2.45) is 0 Å². The van der Waals surface area contributed by atoms with Crippen molar-refractivity contribution >= 4 is 11.5 Å². The van der Waals surface area contributed by atoms with Gasteiger partial charge in [-0.2, -0.15) is 5.10 Å². The number of ketones is 1. The molecule has 0 bridgehead atoms. The van der Waals surface area contributed by atoms with Gasteiger partial charge in [0.1, 0.15) is 29.4 Å². The number of ether oxygens (including phenoxy) is 1. The van der Waals surface area contributed by atoms with E-state index < -0.39 is 4.92 Å². The minimum atomic E-state index is -0.478. The summed E-state index contributed by atoms with van der Waals surface area (Å²) in [7, 11) is 0. The van der Waals surface area contributed by atoms with Crippen LogP contribution < -0.4 is 4.74 Å². The highest BCUT2D eigenvalue weighted by Crippen LogP contribution is 2.23. The van der Waals surface area contributed by atoms with E-state index in [2.05, 4.69) is 5.10 Å². The molecule has 0 aliphatic rings. The molecule has 2 aromatic carbocycles. The van der Waals surface area contributed by atoms with Crippen LogP contribution in [-0.4, -0.2) is 20.5 Å². The van der Waals surface area contributed by atoms with Crippen molar-refractivity contribution in [2.75, 3.05) is 0 Å². The van der Waals surface area contributed by atoms with Gasteiger partial charge in [0.2, 0.25) is 0 Å². The fraction of sp³-hybridized carbons (Fsp3) is 0.158. The molecule has 1 heterocycles. The Hall–Kier alpha value is -3.48. The van der Waals surface area contributed by atoms with Gasteiger partial charge in [0.05, 0.1) is 4.92 Å². The highest BCUT2D eigenvalue weighted by Gasteiger charge is 2.23. The Morgan fingerprint density at radius 2 is 1.69 bits per heavy atom. The molecule has 0 aliphatic carbocycles. The van der Waals surface area contributed by atoms with Gasteiger partial charge in [-0.15, -0.1) is 0 Å². The highest BCUT2D eigenvalue weighted by atomic mass is 16.6. The summed E-state index contributed by atoms with van der Waals surface area (Å²) >= 11 is 0. The molecule has 0 unspecified atom stereocenters. The number of carbonyl (C=O) groups is 1. The zero-order valence-corrected chi connectivity index (χ0v) is 14.4. The van der Waals surface area contributed by atoms with Gasteiger partial charge in [0.15, 0.2) is 5.78 Å². The molecule has 7 heteroatoms.